The quantitative estimate of drug-likeness (QED) is 0.178. The van der Waals surface area contributed by atoms with Gasteiger partial charge in [-0.3, -0.25) is 14.9 Å². The molecule has 0 fully saturated rings. The molecule has 0 atom stereocenters. The molecule has 1 spiro atoms. The van der Waals surface area contributed by atoms with Crippen LogP contribution in [0.2, 0.25) is 0 Å². The van der Waals surface area contributed by atoms with Crippen LogP contribution < -0.4 is 14.4 Å². The number of ether oxygens (including phenoxy) is 2. The Morgan fingerprint density at radius 3 is 1.75 bits per heavy atom. The summed E-state index contributed by atoms with van der Waals surface area (Å²) < 4.78 is 16.2. The number of nitriles is 1. The smallest absolute Gasteiger partial charge is 0.156 e. The summed E-state index contributed by atoms with van der Waals surface area (Å²) in [4.78, 5) is 12.2. The van der Waals surface area contributed by atoms with Gasteiger partial charge in [-0.25, -0.2) is 0 Å². The summed E-state index contributed by atoms with van der Waals surface area (Å²) >= 11 is 0. The number of aromatic nitrogens is 3. The minimum Gasteiger partial charge on any atom is -0.453 e. The van der Waals surface area contributed by atoms with E-state index in [2.05, 4.69) is 94.4 Å². The molecule has 12 rings (SSSR count). The molecule has 0 N–H and O–H groups in total. The average Bonchev–Trinajstić information content (AvgIpc) is 3.73. The van der Waals surface area contributed by atoms with Crippen molar-refractivity contribution in [2.24, 2.45) is 0 Å². The molecule has 1 aliphatic carbocycles. The van der Waals surface area contributed by atoms with Crippen LogP contribution in [-0.4, -0.2) is 14.5 Å². The monoisotopic (exact) mass is 705 g/mol. The summed E-state index contributed by atoms with van der Waals surface area (Å²) in [5.41, 5.74) is 11.2. The molecule has 0 saturated carbocycles. The molecule has 5 heterocycles. The summed E-state index contributed by atoms with van der Waals surface area (Å²) in [6.45, 7) is 0. The molecular formula is C48H27N5O2. The molecule has 0 radical (unpaired) electrons. The van der Waals surface area contributed by atoms with E-state index in [-0.39, 0.29) is 0 Å². The van der Waals surface area contributed by atoms with Crippen LogP contribution in [-0.2, 0) is 5.41 Å². The second kappa shape index (κ2) is 10.9. The first-order chi connectivity index (χ1) is 27.3. The fraction of sp³-hybridized carbons (Fsp3) is 0.0208. The number of hydrogen-bond acceptors (Lipinski definition) is 6. The number of anilines is 3. The Hall–Kier alpha value is -7.69. The van der Waals surface area contributed by atoms with Crippen molar-refractivity contribution in [1.82, 2.24) is 14.5 Å². The van der Waals surface area contributed by atoms with Crippen LogP contribution in [0.3, 0.4) is 0 Å². The molecule has 3 aromatic heterocycles. The zero-order chi connectivity index (χ0) is 36.3. The molecule has 55 heavy (non-hydrogen) atoms. The van der Waals surface area contributed by atoms with E-state index >= 15 is 0 Å². The first kappa shape index (κ1) is 29.8. The number of rotatable bonds is 2. The molecule has 256 valence electrons. The van der Waals surface area contributed by atoms with E-state index in [1.165, 1.54) is 0 Å². The third-order valence-corrected chi connectivity index (χ3v) is 11.4. The Bertz CT molecular complexity index is 3070. The van der Waals surface area contributed by atoms with Gasteiger partial charge >= 0.3 is 0 Å². The summed E-state index contributed by atoms with van der Waals surface area (Å²) in [6.07, 6.45) is 3.69. The minimum atomic E-state index is -0.819. The van der Waals surface area contributed by atoms with Crippen molar-refractivity contribution in [3.63, 3.8) is 0 Å². The van der Waals surface area contributed by atoms with Crippen LogP contribution in [0.1, 0.15) is 27.8 Å². The molecule has 0 saturated heterocycles. The van der Waals surface area contributed by atoms with E-state index in [0.29, 0.717) is 5.56 Å². The third kappa shape index (κ3) is 3.82. The topological polar surface area (TPSA) is 76.2 Å². The average molecular weight is 706 g/mol. The van der Waals surface area contributed by atoms with E-state index in [0.717, 1.165) is 101 Å². The fourth-order valence-electron chi connectivity index (χ4n) is 9.24. The first-order valence-electron chi connectivity index (χ1n) is 18.2. The lowest BCUT2D eigenvalue weighted by atomic mass is 9.66. The fourth-order valence-corrected chi connectivity index (χ4v) is 9.24. The van der Waals surface area contributed by atoms with Gasteiger partial charge in [0.1, 0.15) is 0 Å². The van der Waals surface area contributed by atoms with Gasteiger partial charge in [0.15, 0.2) is 23.0 Å². The molecule has 2 aliphatic heterocycles. The van der Waals surface area contributed by atoms with Crippen LogP contribution in [0.4, 0.5) is 17.1 Å². The van der Waals surface area contributed by atoms with Crippen molar-refractivity contribution < 1.29 is 9.47 Å². The Morgan fingerprint density at radius 2 is 1.05 bits per heavy atom. The van der Waals surface area contributed by atoms with Gasteiger partial charge in [-0.05, 0) is 83.9 Å². The predicted molar refractivity (Wildman–Crippen MR) is 213 cm³/mol. The maximum atomic E-state index is 9.88. The van der Waals surface area contributed by atoms with Crippen molar-refractivity contribution in [2.75, 3.05) is 4.90 Å². The molecule has 6 aromatic carbocycles. The van der Waals surface area contributed by atoms with Gasteiger partial charge in [-0.15, -0.1) is 0 Å². The molecular weight excluding hydrogens is 679 g/mol. The lowest BCUT2D eigenvalue weighted by Crippen LogP contribution is -2.33. The van der Waals surface area contributed by atoms with Crippen molar-refractivity contribution in [3.8, 4) is 46.1 Å². The zero-order valence-electron chi connectivity index (χ0n) is 29.1. The van der Waals surface area contributed by atoms with Crippen LogP contribution in [0, 0.1) is 11.3 Å². The first-order valence-corrected chi connectivity index (χ1v) is 18.2. The van der Waals surface area contributed by atoms with Crippen molar-refractivity contribution >= 4 is 38.9 Å². The van der Waals surface area contributed by atoms with Gasteiger partial charge in [0, 0.05) is 34.3 Å². The maximum absolute atomic E-state index is 9.88. The highest BCUT2D eigenvalue weighted by Crippen LogP contribution is 2.65. The lowest BCUT2D eigenvalue weighted by Gasteiger charge is -2.42. The number of fused-ring (bicyclic) bond motifs is 14. The van der Waals surface area contributed by atoms with E-state index in [9.17, 15) is 5.26 Å². The molecule has 0 bridgehead atoms. The number of benzene rings is 6. The Morgan fingerprint density at radius 1 is 0.491 bits per heavy atom. The van der Waals surface area contributed by atoms with Crippen LogP contribution in [0.5, 0.6) is 23.0 Å². The molecule has 7 nitrogen and oxygen atoms in total. The van der Waals surface area contributed by atoms with E-state index in [1.807, 2.05) is 85.2 Å². The highest BCUT2D eigenvalue weighted by atomic mass is 16.5. The minimum absolute atomic E-state index is 0.615. The maximum Gasteiger partial charge on any atom is 0.156 e. The Kier molecular flexibility index (Phi) is 5.92. The molecule has 9 aromatic rings. The standard InChI is InChI=1S/C48H27N5O2/c49-28-29-23-24-37-31(27-29)30-11-1-2-16-36(30)52(37)40-19-7-12-34-46(40)55-47-35(48(34)32-14-9-25-50-44(32)45-33(48)15-10-26-51-45)13-8-20-41(47)53-38-17-3-5-21-42(38)54-43-22-6-4-18-39(43)53/h1-27H. The zero-order valence-corrected chi connectivity index (χ0v) is 29.1. The molecule has 7 heteroatoms. The largest absolute Gasteiger partial charge is 0.453 e. The van der Waals surface area contributed by atoms with Crippen LogP contribution in [0.15, 0.2) is 164 Å². The second-order valence-corrected chi connectivity index (χ2v) is 14.0. The highest BCUT2D eigenvalue weighted by Gasteiger charge is 2.53. The van der Waals surface area contributed by atoms with Gasteiger partial charge in [-0.2, -0.15) is 5.26 Å². The number of pyridine rings is 2. The van der Waals surface area contributed by atoms with Crippen molar-refractivity contribution in [1.29, 1.82) is 5.26 Å². The van der Waals surface area contributed by atoms with E-state index < -0.39 is 5.41 Å². The SMILES string of the molecule is N#Cc1ccc2c(c1)c1ccccc1n2-c1cccc2c1Oc1c(N3c4ccccc4Oc4ccccc43)cccc1C21c2cccnc2-c2ncccc21. The third-order valence-electron chi connectivity index (χ3n) is 11.4. The van der Waals surface area contributed by atoms with Gasteiger partial charge in [-0.1, -0.05) is 78.9 Å². The second-order valence-electron chi connectivity index (χ2n) is 14.0. The normalized spacial score (nSPS) is 13.8. The molecule has 3 aliphatic rings. The van der Waals surface area contributed by atoms with E-state index in [4.69, 9.17) is 19.4 Å². The van der Waals surface area contributed by atoms with Crippen LogP contribution >= 0.6 is 0 Å². The summed E-state index contributed by atoms with van der Waals surface area (Å²) in [6, 6.07) is 54.1. The summed E-state index contributed by atoms with van der Waals surface area (Å²) in [7, 11) is 0. The van der Waals surface area contributed by atoms with Gasteiger partial charge in [0.05, 0.1) is 62.2 Å². The van der Waals surface area contributed by atoms with Crippen molar-refractivity contribution in [3.05, 3.63) is 192 Å². The van der Waals surface area contributed by atoms with E-state index in [1.54, 1.807) is 0 Å². The summed E-state index contributed by atoms with van der Waals surface area (Å²) in [5.74, 6) is 2.98. The number of para-hydroxylation sites is 7. The Labute approximate surface area is 315 Å². The van der Waals surface area contributed by atoms with Gasteiger partial charge in [0.25, 0.3) is 0 Å². The van der Waals surface area contributed by atoms with Crippen LogP contribution in [0.25, 0.3) is 38.9 Å². The summed E-state index contributed by atoms with van der Waals surface area (Å²) in [5, 5.41) is 11.9. The lowest BCUT2D eigenvalue weighted by molar-refractivity contribution is 0.434. The van der Waals surface area contributed by atoms with Gasteiger partial charge in [0.2, 0.25) is 0 Å². The van der Waals surface area contributed by atoms with Crippen molar-refractivity contribution in [2.45, 2.75) is 5.41 Å². The molecule has 0 unspecified atom stereocenters. The Balaban J connectivity index is 1.23. The van der Waals surface area contributed by atoms with Gasteiger partial charge < -0.3 is 14.0 Å². The molecule has 0 amide bonds. The highest BCUT2D eigenvalue weighted by molar-refractivity contribution is 6.10. The number of nitrogens with zero attached hydrogens (tertiary/aromatic N) is 5. The number of hydrogen-bond donors (Lipinski definition) is 0. The predicted octanol–water partition coefficient (Wildman–Crippen LogP) is 11.5.